The monoisotopic (exact) mass is 316 g/mol. The molecule has 0 bridgehead atoms. The Hall–Kier alpha value is -2.70. The van der Waals surface area contributed by atoms with E-state index in [-0.39, 0.29) is 24.0 Å². The van der Waals surface area contributed by atoms with Gasteiger partial charge in [-0.15, -0.1) is 0 Å². The summed E-state index contributed by atoms with van der Waals surface area (Å²) in [7, 11) is 0. The summed E-state index contributed by atoms with van der Waals surface area (Å²) in [4.78, 5) is 27.5. The van der Waals surface area contributed by atoms with Gasteiger partial charge in [-0.2, -0.15) is 4.98 Å². The van der Waals surface area contributed by atoms with Crippen LogP contribution in [0.25, 0.3) is 0 Å². The van der Waals surface area contributed by atoms with Crippen LogP contribution < -0.4 is 10.6 Å². The Balaban J connectivity index is 1.81. The van der Waals surface area contributed by atoms with Crippen molar-refractivity contribution in [2.75, 3.05) is 6.54 Å². The molecule has 0 spiro atoms. The molecule has 1 heterocycles. The molecule has 2 amide bonds. The van der Waals surface area contributed by atoms with Crippen LogP contribution >= 0.6 is 0 Å². The lowest BCUT2D eigenvalue weighted by Crippen LogP contribution is -2.27. The number of benzene rings is 1. The maximum Gasteiger partial charge on any atom is 0.315 e. The zero-order valence-electron chi connectivity index (χ0n) is 13.2. The molecule has 0 aliphatic carbocycles. The minimum absolute atomic E-state index is 0.0339. The van der Waals surface area contributed by atoms with Crippen molar-refractivity contribution in [1.82, 2.24) is 20.8 Å². The molecule has 0 fully saturated rings. The second kappa shape index (κ2) is 8.07. The molecule has 2 rings (SSSR count). The van der Waals surface area contributed by atoms with Crippen molar-refractivity contribution in [2.24, 2.45) is 5.92 Å². The third kappa shape index (κ3) is 5.54. The lowest BCUT2D eigenvalue weighted by molar-refractivity contribution is -0.120. The van der Waals surface area contributed by atoms with Gasteiger partial charge in [-0.3, -0.25) is 9.59 Å². The quantitative estimate of drug-likeness (QED) is 0.803. The number of nitrogens with one attached hydrogen (secondary N) is 2. The van der Waals surface area contributed by atoms with Crippen LogP contribution in [0.5, 0.6) is 0 Å². The van der Waals surface area contributed by atoms with Crippen molar-refractivity contribution < 1.29 is 14.1 Å². The summed E-state index contributed by atoms with van der Waals surface area (Å²) in [5, 5.41) is 9.09. The maximum atomic E-state index is 11.8. The summed E-state index contributed by atoms with van der Waals surface area (Å²) >= 11 is 0. The van der Waals surface area contributed by atoms with Crippen LogP contribution in [0.2, 0.25) is 0 Å². The molecule has 0 aliphatic rings. The molecule has 0 saturated carbocycles. The first-order valence-corrected chi connectivity index (χ1v) is 7.46. The number of carbonyl (C=O) groups excluding carboxylic acids is 2. The molecule has 2 N–H and O–H groups in total. The van der Waals surface area contributed by atoms with E-state index in [1.807, 2.05) is 44.2 Å². The summed E-state index contributed by atoms with van der Waals surface area (Å²) in [6, 6.07) is 9.57. The van der Waals surface area contributed by atoms with Crippen LogP contribution in [0.4, 0.5) is 0 Å². The predicted octanol–water partition coefficient (Wildman–Crippen LogP) is 1.31. The molecule has 122 valence electrons. The summed E-state index contributed by atoms with van der Waals surface area (Å²) in [6.45, 7) is 4.92. The Morgan fingerprint density at radius 1 is 1.17 bits per heavy atom. The predicted molar refractivity (Wildman–Crippen MR) is 83.5 cm³/mol. The smallest absolute Gasteiger partial charge is 0.315 e. The van der Waals surface area contributed by atoms with Crippen LogP contribution in [0.3, 0.4) is 0 Å². The van der Waals surface area contributed by atoms with Gasteiger partial charge in [0.15, 0.2) is 5.82 Å². The fourth-order valence-corrected chi connectivity index (χ4v) is 1.79. The third-order valence-corrected chi connectivity index (χ3v) is 2.98. The van der Waals surface area contributed by atoms with Gasteiger partial charge >= 0.3 is 11.8 Å². The molecule has 1 aromatic heterocycles. The Morgan fingerprint density at radius 3 is 2.61 bits per heavy atom. The lowest BCUT2D eigenvalue weighted by atomic mass is 10.2. The van der Waals surface area contributed by atoms with E-state index in [4.69, 9.17) is 4.52 Å². The molecular formula is C16H20N4O3. The van der Waals surface area contributed by atoms with E-state index >= 15 is 0 Å². The minimum Gasteiger partial charge on any atom is -0.352 e. The molecular weight excluding hydrogens is 296 g/mol. The van der Waals surface area contributed by atoms with Gasteiger partial charge in [-0.25, -0.2) is 0 Å². The summed E-state index contributed by atoms with van der Waals surface area (Å²) < 4.78 is 4.87. The summed E-state index contributed by atoms with van der Waals surface area (Å²) in [5.41, 5.74) is 1.00. The molecule has 0 atom stereocenters. The number of aromatic nitrogens is 2. The van der Waals surface area contributed by atoms with E-state index in [2.05, 4.69) is 20.8 Å². The highest BCUT2D eigenvalue weighted by atomic mass is 16.5. The van der Waals surface area contributed by atoms with E-state index in [0.717, 1.165) is 5.56 Å². The van der Waals surface area contributed by atoms with Gasteiger partial charge in [0.1, 0.15) is 0 Å². The standard InChI is InChI=1S/C16H20N4O3/c1-11(2)9-18-15(22)16-19-13(20-23-16)8-14(21)17-10-12-6-4-3-5-7-12/h3-7,11H,8-10H2,1-2H3,(H,17,21)(H,18,22). The van der Waals surface area contributed by atoms with Crippen molar-refractivity contribution >= 4 is 11.8 Å². The highest BCUT2D eigenvalue weighted by molar-refractivity contribution is 5.89. The molecule has 1 aromatic carbocycles. The van der Waals surface area contributed by atoms with Crippen molar-refractivity contribution in [3.63, 3.8) is 0 Å². The highest BCUT2D eigenvalue weighted by Crippen LogP contribution is 2.01. The van der Waals surface area contributed by atoms with Crippen LogP contribution in [0.15, 0.2) is 34.9 Å². The minimum atomic E-state index is -0.429. The Labute approximate surface area is 134 Å². The van der Waals surface area contributed by atoms with Gasteiger partial charge in [0, 0.05) is 13.1 Å². The largest absolute Gasteiger partial charge is 0.352 e. The molecule has 0 unspecified atom stereocenters. The van der Waals surface area contributed by atoms with E-state index in [1.54, 1.807) is 0 Å². The second-order valence-corrected chi connectivity index (χ2v) is 5.56. The Kier molecular flexibility index (Phi) is 5.85. The molecule has 0 aliphatic heterocycles. The number of nitrogens with zero attached hydrogens (tertiary/aromatic N) is 2. The van der Waals surface area contributed by atoms with E-state index in [9.17, 15) is 9.59 Å². The first-order valence-electron chi connectivity index (χ1n) is 7.46. The molecule has 0 saturated heterocycles. The first kappa shape index (κ1) is 16.7. The number of amides is 2. The third-order valence-electron chi connectivity index (χ3n) is 2.98. The Morgan fingerprint density at radius 2 is 1.91 bits per heavy atom. The summed E-state index contributed by atoms with van der Waals surface area (Å²) in [6.07, 6.45) is -0.0339. The van der Waals surface area contributed by atoms with E-state index < -0.39 is 5.91 Å². The van der Waals surface area contributed by atoms with Crippen molar-refractivity contribution in [3.05, 3.63) is 47.6 Å². The zero-order chi connectivity index (χ0) is 16.7. The van der Waals surface area contributed by atoms with Gasteiger partial charge in [-0.05, 0) is 11.5 Å². The first-order chi connectivity index (χ1) is 11.0. The highest BCUT2D eigenvalue weighted by Gasteiger charge is 2.16. The van der Waals surface area contributed by atoms with Gasteiger partial charge in [-0.1, -0.05) is 49.3 Å². The second-order valence-electron chi connectivity index (χ2n) is 5.56. The van der Waals surface area contributed by atoms with Crippen LogP contribution in [-0.4, -0.2) is 28.5 Å². The zero-order valence-corrected chi connectivity index (χ0v) is 13.2. The van der Waals surface area contributed by atoms with Crippen LogP contribution in [0.1, 0.15) is 35.9 Å². The normalized spacial score (nSPS) is 10.6. The van der Waals surface area contributed by atoms with Gasteiger partial charge < -0.3 is 15.2 Å². The molecule has 23 heavy (non-hydrogen) atoms. The average molecular weight is 316 g/mol. The van der Waals surface area contributed by atoms with Crippen molar-refractivity contribution in [2.45, 2.75) is 26.8 Å². The topological polar surface area (TPSA) is 97.1 Å². The van der Waals surface area contributed by atoms with Gasteiger partial charge in [0.2, 0.25) is 5.91 Å². The van der Waals surface area contributed by atoms with Crippen LogP contribution in [0, 0.1) is 5.92 Å². The van der Waals surface area contributed by atoms with Crippen LogP contribution in [-0.2, 0) is 17.8 Å². The molecule has 7 heteroatoms. The summed E-state index contributed by atoms with van der Waals surface area (Å²) in [5.74, 6) is -0.280. The average Bonchev–Trinajstić information content (AvgIpc) is 3.00. The number of hydrogen-bond donors (Lipinski definition) is 2. The molecule has 2 aromatic rings. The van der Waals surface area contributed by atoms with Gasteiger partial charge in [0.25, 0.3) is 0 Å². The molecule has 0 radical (unpaired) electrons. The SMILES string of the molecule is CC(C)CNC(=O)c1nc(CC(=O)NCc2ccccc2)no1. The number of hydrogen-bond acceptors (Lipinski definition) is 5. The lowest BCUT2D eigenvalue weighted by Gasteiger charge is -2.04. The van der Waals surface area contributed by atoms with Crippen molar-refractivity contribution in [1.29, 1.82) is 0 Å². The van der Waals surface area contributed by atoms with Crippen molar-refractivity contribution in [3.8, 4) is 0 Å². The fourth-order valence-electron chi connectivity index (χ4n) is 1.79. The maximum absolute atomic E-state index is 11.8. The number of rotatable bonds is 7. The fraction of sp³-hybridized carbons (Fsp3) is 0.375. The molecule has 7 nitrogen and oxygen atoms in total. The number of carbonyl (C=O) groups is 2. The Bertz CT molecular complexity index is 652. The van der Waals surface area contributed by atoms with E-state index in [1.165, 1.54) is 0 Å². The van der Waals surface area contributed by atoms with Gasteiger partial charge in [0.05, 0.1) is 6.42 Å². The van der Waals surface area contributed by atoms with E-state index in [0.29, 0.717) is 19.0 Å².